The van der Waals surface area contributed by atoms with Crippen LogP contribution in [0.25, 0.3) is 0 Å². The van der Waals surface area contributed by atoms with Crippen molar-refractivity contribution in [1.82, 2.24) is 19.8 Å². The summed E-state index contributed by atoms with van der Waals surface area (Å²) in [6.45, 7) is 13.1. The van der Waals surface area contributed by atoms with Gasteiger partial charge in [0.2, 0.25) is 11.9 Å². The molecule has 0 aliphatic carbocycles. The number of nitrogens with one attached hydrogen (secondary N) is 3. The predicted molar refractivity (Wildman–Crippen MR) is 182 cm³/mol. The van der Waals surface area contributed by atoms with Crippen molar-refractivity contribution in [3.63, 3.8) is 0 Å². The Bertz CT molecular complexity index is 1720. The molecule has 5 rings (SSSR count). The number of rotatable bonds is 10. The van der Waals surface area contributed by atoms with Crippen molar-refractivity contribution in [2.45, 2.75) is 42.9 Å². The zero-order valence-corrected chi connectivity index (χ0v) is 27.3. The van der Waals surface area contributed by atoms with E-state index in [-0.39, 0.29) is 28.1 Å². The van der Waals surface area contributed by atoms with Crippen molar-refractivity contribution in [3.05, 3.63) is 66.9 Å². The zero-order chi connectivity index (χ0) is 32.8. The first-order valence-electron chi connectivity index (χ1n) is 15.5. The van der Waals surface area contributed by atoms with Gasteiger partial charge >= 0.3 is 0 Å². The van der Waals surface area contributed by atoms with Gasteiger partial charge in [0.15, 0.2) is 15.7 Å². The molecule has 2 aliphatic rings. The smallest absolute Gasteiger partial charge is 0.247 e. The van der Waals surface area contributed by atoms with Crippen molar-refractivity contribution < 1.29 is 13.2 Å². The third-order valence-corrected chi connectivity index (χ3v) is 10.8. The second-order valence-corrected chi connectivity index (χ2v) is 14.4. The van der Waals surface area contributed by atoms with E-state index in [1.54, 1.807) is 32.0 Å². The Hall–Kier alpha value is -4.51. The molecule has 2 aliphatic heterocycles. The van der Waals surface area contributed by atoms with Crippen LogP contribution in [0.4, 0.5) is 34.5 Å². The quantitative estimate of drug-likeness (QED) is 0.271. The lowest BCUT2D eigenvalue weighted by Crippen LogP contribution is -2.52. The first kappa shape index (κ1) is 32.9. The number of aromatic nitrogens is 2. The minimum absolute atomic E-state index is 0.111. The highest BCUT2D eigenvalue weighted by atomic mass is 32.2. The lowest BCUT2D eigenvalue weighted by molar-refractivity contribution is -0.111. The van der Waals surface area contributed by atoms with Gasteiger partial charge in [0, 0.05) is 51.0 Å². The van der Waals surface area contributed by atoms with Crippen LogP contribution in [0.15, 0.2) is 66.2 Å². The molecule has 0 bridgehead atoms. The third-order valence-electron chi connectivity index (χ3n) is 8.55. The number of piperazine rings is 1. The van der Waals surface area contributed by atoms with E-state index in [1.165, 1.54) is 18.3 Å². The number of hydrogen-bond donors (Lipinski definition) is 3. The first-order valence-corrected chi connectivity index (χ1v) is 17.0. The number of hydrogen-bond acceptors (Lipinski definition) is 11. The summed E-state index contributed by atoms with van der Waals surface area (Å²) in [5.41, 5.74) is 2.51. The van der Waals surface area contributed by atoms with Gasteiger partial charge < -0.3 is 25.8 Å². The molecule has 0 radical (unpaired) electrons. The molecule has 0 unspecified atom stereocenters. The highest BCUT2D eigenvalue weighted by molar-refractivity contribution is 7.92. The second kappa shape index (κ2) is 14.3. The maximum atomic E-state index is 13.0. The highest BCUT2D eigenvalue weighted by Crippen LogP contribution is 2.33. The van der Waals surface area contributed by atoms with Gasteiger partial charge in [0.25, 0.3) is 0 Å². The van der Waals surface area contributed by atoms with E-state index in [4.69, 9.17) is 0 Å². The molecule has 0 atom stereocenters. The molecule has 13 heteroatoms. The lowest BCUT2D eigenvalue weighted by Gasteiger charge is -2.42. The summed E-state index contributed by atoms with van der Waals surface area (Å²) in [7, 11) is -1.44. The van der Waals surface area contributed by atoms with Gasteiger partial charge in [0.1, 0.15) is 11.6 Å². The molecule has 0 saturated carbocycles. The van der Waals surface area contributed by atoms with Crippen LogP contribution in [0.1, 0.15) is 32.3 Å². The number of benzene rings is 2. The molecule has 1 amide bonds. The largest absolute Gasteiger partial charge is 0.371 e. The van der Waals surface area contributed by atoms with Crippen LogP contribution >= 0.6 is 0 Å². The van der Waals surface area contributed by atoms with Crippen LogP contribution in [0.5, 0.6) is 0 Å². The Morgan fingerprint density at radius 3 is 2.41 bits per heavy atom. The number of anilines is 6. The molecule has 1 aromatic heterocycles. The van der Waals surface area contributed by atoms with Crippen molar-refractivity contribution in [2.24, 2.45) is 0 Å². The van der Waals surface area contributed by atoms with Gasteiger partial charge in [-0.2, -0.15) is 10.2 Å². The fraction of sp³-hybridized carbons (Fsp3) is 0.394. The number of para-hydroxylation sites is 1. The maximum absolute atomic E-state index is 13.0. The number of sulfone groups is 1. The van der Waals surface area contributed by atoms with Crippen LogP contribution in [-0.4, -0.2) is 91.7 Å². The Morgan fingerprint density at radius 2 is 1.74 bits per heavy atom. The van der Waals surface area contributed by atoms with Crippen LogP contribution in [0.2, 0.25) is 0 Å². The number of nitrogens with zero attached hydrogens (tertiary/aromatic N) is 6. The fourth-order valence-electron chi connectivity index (χ4n) is 5.74. The van der Waals surface area contributed by atoms with E-state index in [0.717, 1.165) is 57.8 Å². The maximum Gasteiger partial charge on any atom is 0.247 e. The Balaban J connectivity index is 1.37. The van der Waals surface area contributed by atoms with E-state index >= 15 is 0 Å². The number of nitriles is 1. The molecule has 46 heavy (non-hydrogen) atoms. The molecule has 3 aromatic rings. The van der Waals surface area contributed by atoms with E-state index < -0.39 is 15.1 Å². The molecule has 3 heterocycles. The average molecular weight is 644 g/mol. The highest BCUT2D eigenvalue weighted by Gasteiger charge is 2.27. The van der Waals surface area contributed by atoms with Crippen molar-refractivity contribution in [3.8, 4) is 6.07 Å². The Morgan fingerprint density at radius 1 is 1.02 bits per heavy atom. The number of likely N-dealkylation sites (N-methyl/N-ethyl adjacent to an activating group) is 1. The summed E-state index contributed by atoms with van der Waals surface area (Å²) >= 11 is 0. The van der Waals surface area contributed by atoms with Crippen molar-refractivity contribution >= 4 is 50.3 Å². The SMILES string of the molecule is C=CC(=O)Nc1cc(N2CCC(N3CCN(C)CC3)CC2)ccc1Nc1ncc(C#N)c(Nc2ccccc2S(=O)(=O)C(C)C)n1. The molecule has 3 N–H and O–H groups in total. The van der Waals surface area contributed by atoms with Crippen LogP contribution in [-0.2, 0) is 14.6 Å². The van der Waals surface area contributed by atoms with E-state index in [2.05, 4.69) is 60.3 Å². The predicted octanol–water partition coefficient (Wildman–Crippen LogP) is 4.36. The molecule has 12 nitrogen and oxygen atoms in total. The summed E-state index contributed by atoms with van der Waals surface area (Å²) in [4.78, 5) is 28.7. The second-order valence-electron chi connectivity index (χ2n) is 11.9. The first-order chi connectivity index (χ1) is 22.1. The van der Waals surface area contributed by atoms with Crippen molar-refractivity contribution in [2.75, 3.05) is 67.2 Å². The van der Waals surface area contributed by atoms with E-state index in [9.17, 15) is 18.5 Å². The number of carbonyl (C=O) groups excluding carboxylic acids is 1. The van der Waals surface area contributed by atoms with Crippen LogP contribution in [0, 0.1) is 11.3 Å². The monoisotopic (exact) mass is 643 g/mol. The molecule has 2 fully saturated rings. The summed E-state index contributed by atoms with van der Waals surface area (Å²) in [6, 6.07) is 14.9. The van der Waals surface area contributed by atoms with Gasteiger partial charge in [-0.25, -0.2) is 13.4 Å². The van der Waals surface area contributed by atoms with E-state index in [1.807, 2.05) is 18.2 Å². The zero-order valence-electron chi connectivity index (χ0n) is 26.5. The Kier molecular flexibility index (Phi) is 10.2. The normalized spacial score (nSPS) is 16.5. The van der Waals surface area contributed by atoms with Gasteiger partial charge in [-0.05, 0) is 70.1 Å². The summed E-state index contributed by atoms with van der Waals surface area (Å²) in [5.74, 6) is -0.0662. The third kappa shape index (κ3) is 7.47. The van der Waals surface area contributed by atoms with Crippen LogP contribution in [0.3, 0.4) is 0 Å². The molecule has 242 valence electrons. The van der Waals surface area contributed by atoms with E-state index in [0.29, 0.717) is 23.1 Å². The molecular weight excluding hydrogens is 602 g/mol. The minimum Gasteiger partial charge on any atom is -0.371 e. The molecule has 2 saturated heterocycles. The van der Waals surface area contributed by atoms with Crippen molar-refractivity contribution in [1.29, 1.82) is 5.26 Å². The number of carbonyl (C=O) groups is 1. The summed E-state index contributed by atoms with van der Waals surface area (Å²) in [6.07, 6.45) is 4.72. The molecule has 0 spiro atoms. The van der Waals surface area contributed by atoms with Gasteiger partial charge in [-0.1, -0.05) is 18.7 Å². The molecular formula is C33H41N9O3S. The van der Waals surface area contributed by atoms with Crippen LogP contribution < -0.4 is 20.9 Å². The number of amides is 1. The fourth-order valence-corrected chi connectivity index (χ4v) is 6.94. The molecule has 2 aromatic carbocycles. The average Bonchev–Trinajstić information content (AvgIpc) is 3.06. The standard InChI is InChI=1S/C33H41N9O3S/c1-5-31(43)36-29-20-26(41-14-12-25(13-15-41)42-18-16-40(4)17-19-42)10-11-27(29)38-33-35-22-24(21-34)32(39-33)37-28-8-6-7-9-30(28)46(44,45)23(2)3/h5-11,20,22-23,25H,1,12-19H2,2-4H3,(H,36,43)(H2,35,37,38,39). The van der Waals surface area contributed by atoms with Gasteiger partial charge in [-0.15, -0.1) is 0 Å². The summed E-state index contributed by atoms with van der Waals surface area (Å²) in [5, 5.41) is 18.2. The lowest BCUT2D eigenvalue weighted by atomic mass is 10.0. The van der Waals surface area contributed by atoms with Gasteiger partial charge in [-0.3, -0.25) is 9.69 Å². The minimum atomic E-state index is -3.61. The Labute approximate surface area is 271 Å². The summed E-state index contributed by atoms with van der Waals surface area (Å²) < 4.78 is 26.0. The topological polar surface area (TPSA) is 147 Å². The van der Waals surface area contributed by atoms with Gasteiger partial charge in [0.05, 0.1) is 33.4 Å². The number of piperidine rings is 1.